The van der Waals surface area contributed by atoms with Crippen molar-refractivity contribution in [3.05, 3.63) is 410 Å². The van der Waals surface area contributed by atoms with Crippen molar-refractivity contribution in [3.63, 3.8) is 0 Å². The fourth-order valence-corrected chi connectivity index (χ4v) is 19.5. The molecule has 0 unspecified atom stereocenters. The quantitative estimate of drug-likeness (QED) is 0.0291. The molecule has 0 aromatic heterocycles. The summed E-state index contributed by atoms with van der Waals surface area (Å²) in [4.78, 5) is 15.0. The maximum absolute atomic E-state index is 11.9. The minimum atomic E-state index is -1.91. The van der Waals surface area contributed by atoms with Gasteiger partial charge in [0.1, 0.15) is 68.5 Å². The Labute approximate surface area is 574 Å². The standard InChI is InChI=1S/2C24H20P.C13H10O3.C12H10O.C7H5NO2.C7H8O2/c2*1-5-13-21(14-6-1)25(22-15-7-2-8-16-22,23-17-9-3-10-18-23)24-19-11-4-12-20-24;14-11-7-6-10(8-12(11)15)13(16)9-4-2-1-3-5-9;13-12-9-5-4-8-11(12)10-6-2-1-3-7-10;1-8-5-2-3-6(9)7(10)4-5;1-5-2-3-6(8)7(9)4-5/h2*1-20H;1-8,14-15H;1-9,13H;2-4,9-10H;2-4,8-9H,1H3/q2*+1;;;;. The van der Waals surface area contributed by atoms with E-state index in [9.17, 15) is 15.0 Å². The van der Waals surface area contributed by atoms with E-state index >= 15 is 0 Å². The largest absolute Gasteiger partial charge is 0.507 e. The summed E-state index contributed by atoms with van der Waals surface area (Å²) in [5.41, 5.74) is 4.07. The second-order valence-corrected chi connectivity index (χ2v) is 28.9. The number of carbonyl (C=O) groups excluding carboxylic acids is 1. The van der Waals surface area contributed by atoms with Gasteiger partial charge in [0.05, 0.1) is 6.57 Å². The molecule has 0 aliphatic carbocycles. The van der Waals surface area contributed by atoms with Crippen molar-refractivity contribution in [2.24, 2.45) is 0 Å². The highest BCUT2D eigenvalue weighted by atomic mass is 31.2. The molecule has 0 radical (unpaired) electrons. The summed E-state index contributed by atoms with van der Waals surface area (Å²) >= 11 is 0. The van der Waals surface area contributed by atoms with Crippen LogP contribution in [0.4, 0.5) is 5.69 Å². The Morgan fingerprint density at radius 1 is 0.265 bits per heavy atom. The lowest BCUT2D eigenvalue weighted by Gasteiger charge is -2.27. The fourth-order valence-electron chi connectivity index (χ4n) is 11.0. The molecule has 14 aromatic carbocycles. The van der Waals surface area contributed by atoms with Crippen LogP contribution in [0.2, 0.25) is 0 Å². The molecule has 7 N–H and O–H groups in total. The van der Waals surface area contributed by atoms with Crippen molar-refractivity contribution in [2.45, 2.75) is 6.92 Å². The molecule has 0 fully saturated rings. The minimum Gasteiger partial charge on any atom is -0.507 e. The second kappa shape index (κ2) is 35.3. The van der Waals surface area contributed by atoms with Crippen molar-refractivity contribution in [1.82, 2.24) is 0 Å². The van der Waals surface area contributed by atoms with Gasteiger partial charge in [-0.05, 0) is 164 Å². The number of phenols is 7. The summed E-state index contributed by atoms with van der Waals surface area (Å²) in [6, 6.07) is 126. The number of aromatic hydroxyl groups is 7. The van der Waals surface area contributed by atoms with Crippen LogP contribution in [0.5, 0.6) is 40.2 Å². The molecule has 0 amide bonds. The van der Waals surface area contributed by atoms with Gasteiger partial charge in [-0.15, -0.1) is 0 Å². The van der Waals surface area contributed by atoms with E-state index in [4.69, 9.17) is 32.1 Å². The predicted octanol–water partition coefficient (Wildman–Crippen LogP) is 17.1. The lowest BCUT2D eigenvalue weighted by molar-refractivity contribution is 0.103. The Bertz CT molecular complexity index is 4280. The predicted molar refractivity (Wildman–Crippen MR) is 406 cm³/mol. The molecule has 0 atom stereocenters. The van der Waals surface area contributed by atoms with Gasteiger partial charge in [-0.25, -0.2) is 4.85 Å². The van der Waals surface area contributed by atoms with Gasteiger partial charge < -0.3 is 35.7 Å². The molecule has 0 aliphatic heterocycles. The molecule has 0 saturated carbocycles. The molecular weight excluding hydrogens is 1250 g/mol. The van der Waals surface area contributed by atoms with E-state index in [1.165, 1.54) is 91.0 Å². The van der Waals surface area contributed by atoms with Crippen LogP contribution in [0.3, 0.4) is 0 Å². The highest BCUT2D eigenvalue weighted by Crippen LogP contribution is 2.55. The molecule has 0 saturated heterocycles. The van der Waals surface area contributed by atoms with Gasteiger partial charge in [-0.2, -0.15) is 0 Å². The summed E-state index contributed by atoms with van der Waals surface area (Å²) in [5, 5.41) is 74.4. The van der Waals surface area contributed by atoms with Crippen molar-refractivity contribution in [1.29, 1.82) is 0 Å². The van der Waals surface area contributed by atoms with Gasteiger partial charge in [-0.3, -0.25) is 4.79 Å². The molecule has 9 nitrogen and oxygen atoms in total. The number of rotatable bonds is 11. The maximum Gasteiger partial charge on any atom is 0.193 e. The zero-order valence-electron chi connectivity index (χ0n) is 53.8. The van der Waals surface area contributed by atoms with Crippen LogP contribution in [0.25, 0.3) is 16.0 Å². The van der Waals surface area contributed by atoms with E-state index in [1.54, 1.807) is 36.4 Å². The highest BCUT2D eigenvalue weighted by molar-refractivity contribution is 8.02. The van der Waals surface area contributed by atoms with Gasteiger partial charge in [0.2, 0.25) is 0 Å². The molecule has 98 heavy (non-hydrogen) atoms. The first kappa shape index (κ1) is 70.0. The van der Waals surface area contributed by atoms with E-state index in [1.807, 2.05) is 61.5 Å². The first-order chi connectivity index (χ1) is 47.8. The lowest BCUT2D eigenvalue weighted by atomic mass is 10.0. The monoisotopic (exact) mass is 1320 g/mol. The number of hydrogen-bond acceptors (Lipinski definition) is 8. The summed E-state index contributed by atoms with van der Waals surface area (Å²) in [6.45, 7) is 8.39. The van der Waals surface area contributed by atoms with Crippen LogP contribution in [0.15, 0.2) is 382 Å². The normalized spacial score (nSPS) is 10.4. The lowest BCUT2D eigenvalue weighted by Crippen LogP contribution is -2.38. The Morgan fingerprint density at radius 3 is 0.837 bits per heavy atom. The van der Waals surface area contributed by atoms with E-state index in [0.717, 1.165) is 16.7 Å². The highest BCUT2D eigenvalue weighted by Gasteiger charge is 2.48. The number of ketones is 1. The third-order valence-electron chi connectivity index (χ3n) is 15.6. The number of aryl methyl sites for hydroxylation is 1. The van der Waals surface area contributed by atoms with Crippen LogP contribution < -0.4 is 42.4 Å². The van der Waals surface area contributed by atoms with Gasteiger partial charge in [-0.1, -0.05) is 237 Å². The summed E-state index contributed by atoms with van der Waals surface area (Å²) in [5.74, 6) is -0.965. The Hall–Kier alpha value is -12.3. The first-order valence-electron chi connectivity index (χ1n) is 31.4. The Kier molecular flexibility index (Phi) is 25.2. The van der Waals surface area contributed by atoms with Crippen molar-refractivity contribution < 1.29 is 40.5 Å². The maximum atomic E-state index is 11.9. The molecule has 11 heteroatoms. The molecule has 0 aliphatic rings. The van der Waals surface area contributed by atoms with Crippen molar-refractivity contribution in [3.8, 4) is 51.4 Å². The van der Waals surface area contributed by atoms with Crippen LogP contribution >= 0.6 is 14.5 Å². The smallest absolute Gasteiger partial charge is 0.193 e. The third-order valence-corrected chi connectivity index (χ3v) is 24.2. The fraction of sp³-hybridized carbons (Fsp3) is 0.0115. The van der Waals surface area contributed by atoms with E-state index in [0.29, 0.717) is 22.6 Å². The summed E-state index contributed by atoms with van der Waals surface area (Å²) in [6.07, 6.45) is 0. The van der Waals surface area contributed by atoms with Crippen molar-refractivity contribution >= 4 is 68.4 Å². The average Bonchev–Trinajstić information content (AvgIpc) is 0.746. The van der Waals surface area contributed by atoms with Gasteiger partial charge in [0.15, 0.2) is 40.2 Å². The van der Waals surface area contributed by atoms with E-state index in [2.05, 4.69) is 247 Å². The van der Waals surface area contributed by atoms with Crippen LogP contribution in [0, 0.1) is 13.5 Å². The third kappa shape index (κ3) is 17.7. The molecule has 0 bridgehead atoms. The Morgan fingerprint density at radius 2 is 0.541 bits per heavy atom. The molecule has 0 spiro atoms. The number of benzene rings is 14. The van der Waals surface area contributed by atoms with Gasteiger partial charge in [0, 0.05) is 16.7 Å². The Balaban J connectivity index is 0.000000144. The average molecular weight is 1320 g/mol. The first-order valence-corrected chi connectivity index (χ1v) is 35.0. The molecule has 14 aromatic rings. The zero-order valence-corrected chi connectivity index (χ0v) is 55.5. The topological polar surface area (TPSA) is 163 Å². The number of hydrogen-bond donors (Lipinski definition) is 7. The van der Waals surface area contributed by atoms with Crippen LogP contribution in [-0.4, -0.2) is 41.5 Å². The second-order valence-electron chi connectivity index (χ2n) is 22.1. The zero-order chi connectivity index (χ0) is 69.0. The van der Waals surface area contributed by atoms with E-state index in [-0.39, 0.29) is 40.3 Å². The number of nitrogens with zero attached hydrogens (tertiary/aromatic N) is 1. The SMILES string of the molecule is Cc1ccc(O)c(O)c1.O=C(c1ccccc1)c1ccc(O)c(O)c1.Oc1ccccc1-c1ccccc1.[C-]#[N+]c1ccc(O)c(O)c1.c1ccc([P+](c2ccccc2)(c2ccccc2)c2ccccc2)cc1.c1ccc([P+](c2ccccc2)(c2ccccc2)c2ccccc2)cc1. The summed E-state index contributed by atoms with van der Waals surface area (Å²) in [7, 11) is -3.81. The summed E-state index contributed by atoms with van der Waals surface area (Å²) < 4.78 is 0. The molecular formula is C87H73NO8P2+2. The van der Waals surface area contributed by atoms with E-state index < -0.39 is 14.5 Å². The molecule has 0 heterocycles. The van der Waals surface area contributed by atoms with Gasteiger partial charge in [0.25, 0.3) is 0 Å². The van der Waals surface area contributed by atoms with Gasteiger partial charge >= 0.3 is 0 Å². The van der Waals surface area contributed by atoms with Crippen molar-refractivity contribution in [2.75, 3.05) is 0 Å². The van der Waals surface area contributed by atoms with Crippen LogP contribution in [0.1, 0.15) is 21.5 Å². The minimum absolute atomic E-state index is 0.0602. The van der Waals surface area contributed by atoms with Crippen LogP contribution in [-0.2, 0) is 0 Å². The number of phenolic OH excluding ortho intramolecular Hbond substituents is 7. The molecule has 482 valence electrons. The number of carbonyl (C=O) groups is 1. The number of para-hydroxylation sites is 1. The molecule has 14 rings (SSSR count).